The lowest BCUT2D eigenvalue weighted by Gasteiger charge is -2.32. The van der Waals surface area contributed by atoms with Crippen molar-refractivity contribution in [3.05, 3.63) is 69.8 Å². The van der Waals surface area contributed by atoms with E-state index in [1.54, 1.807) is 0 Å². The summed E-state index contributed by atoms with van der Waals surface area (Å²) in [6, 6.07) is 1.73. The summed E-state index contributed by atoms with van der Waals surface area (Å²) in [5.74, 6) is -1.19. The van der Waals surface area contributed by atoms with E-state index in [9.17, 15) is 41.3 Å². The minimum atomic E-state index is -5.31. The molecule has 0 fully saturated rings. The van der Waals surface area contributed by atoms with Gasteiger partial charge in [0.1, 0.15) is 5.69 Å². The number of rotatable bonds is 6. The van der Waals surface area contributed by atoms with E-state index >= 15 is 0 Å². The third-order valence-electron chi connectivity index (χ3n) is 4.02. The van der Waals surface area contributed by atoms with Gasteiger partial charge < -0.3 is 0 Å². The molecule has 0 spiro atoms. The molecule has 2 aromatic rings. The number of hydrogen-bond donors (Lipinski definition) is 0. The van der Waals surface area contributed by atoms with Gasteiger partial charge >= 0.3 is 12.4 Å². The summed E-state index contributed by atoms with van der Waals surface area (Å²) in [6.45, 7) is -1.74. The Morgan fingerprint density at radius 1 is 1.00 bits per heavy atom. The number of hydrogen-bond acceptors (Lipinski definition) is 5. The highest BCUT2D eigenvalue weighted by Gasteiger charge is 2.60. The Hall–Kier alpha value is -3.05. The van der Waals surface area contributed by atoms with Gasteiger partial charge in [0, 0.05) is 23.7 Å². The lowest BCUT2D eigenvalue weighted by molar-refractivity contribution is -0.501. The summed E-state index contributed by atoms with van der Waals surface area (Å²) in [7, 11) is 0. The number of ketones is 1. The number of nitro groups is 1. The minimum absolute atomic E-state index is 0.378. The van der Waals surface area contributed by atoms with Crippen molar-refractivity contribution in [2.24, 2.45) is 0 Å². The van der Waals surface area contributed by atoms with E-state index in [4.69, 9.17) is 0 Å². The molecule has 1 heterocycles. The van der Waals surface area contributed by atoms with Crippen LogP contribution in [0.3, 0.4) is 0 Å². The lowest BCUT2D eigenvalue weighted by Crippen LogP contribution is -2.49. The fourth-order valence-corrected chi connectivity index (χ4v) is 2.61. The molecule has 0 saturated carbocycles. The van der Waals surface area contributed by atoms with Crippen LogP contribution in [0.15, 0.2) is 42.9 Å². The maximum atomic E-state index is 13.9. The van der Waals surface area contributed by atoms with Gasteiger partial charge in [-0.25, -0.2) is 4.98 Å². The molecular formula is C16H11F6N3O3. The molecule has 0 radical (unpaired) electrons. The van der Waals surface area contributed by atoms with Gasteiger partial charge in [-0.1, -0.05) is 12.1 Å². The van der Waals surface area contributed by atoms with Gasteiger partial charge in [-0.3, -0.25) is 19.9 Å². The minimum Gasteiger partial charge on any atom is -0.292 e. The third kappa shape index (κ3) is 4.43. The number of halogens is 6. The van der Waals surface area contributed by atoms with E-state index in [-0.39, 0.29) is 0 Å². The number of aromatic nitrogens is 2. The second-order valence-corrected chi connectivity index (χ2v) is 5.84. The van der Waals surface area contributed by atoms with Gasteiger partial charge in [0.15, 0.2) is 11.2 Å². The SMILES string of the molecule is O=C(C[C@@](C[N+](=O)[O-])(c1ccc(C(F)(F)F)cc1)C(F)(F)F)c1cnccn1. The Kier molecular flexibility index (Phi) is 5.71. The number of Topliss-reactive ketones (excluding diaryl/α,β-unsaturated/α-hetero) is 1. The summed E-state index contributed by atoms with van der Waals surface area (Å²) in [6.07, 6.45) is -8.42. The Labute approximate surface area is 153 Å². The van der Waals surface area contributed by atoms with E-state index in [1.165, 1.54) is 6.20 Å². The normalized spacial score (nSPS) is 14.4. The van der Waals surface area contributed by atoms with E-state index in [0.717, 1.165) is 12.4 Å². The van der Waals surface area contributed by atoms with Crippen LogP contribution in [0.25, 0.3) is 0 Å². The molecule has 150 valence electrons. The first-order chi connectivity index (χ1) is 12.9. The van der Waals surface area contributed by atoms with Crippen LogP contribution in [0, 0.1) is 10.1 Å². The molecule has 1 atom stereocenters. The molecular weight excluding hydrogens is 396 g/mol. The van der Waals surface area contributed by atoms with Crippen LogP contribution in [0.1, 0.15) is 28.0 Å². The largest absolute Gasteiger partial charge is 0.416 e. The molecule has 0 aliphatic heterocycles. The number of alkyl halides is 6. The third-order valence-corrected chi connectivity index (χ3v) is 4.02. The quantitative estimate of drug-likeness (QED) is 0.314. The van der Waals surface area contributed by atoms with Crippen molar-refractivity contribution >= 4 is 5.78 Å². The molecule has 28 heavy (non-hydrogen) atoms. The van der Waals surface area contributed by atoms with E-state index in [1.807, 2.05) is 0 Å². The molecule has 1 aromatic carbocycles. The average molecular weight is 407 g/mol. The van der Waals surface area contributed by atoms with E-state index < -0.39 is 58.3 Å². The molecule has 0 N–H and O–H groups in total. The second kappa shape index (κ2) is 7.52. The first-order valence-electron chi connectivity index (χ1n) is 7.52. The van der Waals surface area contributed by atoms with Crippen LogP contribution in [0.5, 0.6) is 0 Å². The summed E-state index contributed by atoms with van der Waals surface area (Å²) in [5, 5.41) is 11.0. The predicted octanol–water partition coefficient (Wildman–Crippen LogP) is 3.85. The molecule has 0 unspecified atom stereocenters. The van der Waals surface area contributed by atoms with Crippen molar-refractivity contribution in [3.8, 4) is 0 Å². The highest BCUT2D eigenvalue weighted by molar-refractivity contribution is 5.95. The fourth-order valence-electron chi connectivity index (χ4n) is 2.61. The molecule has 6 nitrogen and oxygen atoms in total. The average Bonchev–Trinajstić information content (AvgIpc) is 2.59. The van der Waals surface area contributed by atoms with Gasteiger partial charge in [0.2, 0.25) is 6.54 Å². The summed E-state index contributed by atoms with van der Waals surface area (Å²) in [4.78, 5) is 29.1. The molecule has 0 saturated heterocycles. The van der Waals surface area contributed by atoms with Crippen molar-refractivity contribution in [1.29, 1.82) is 0 Å². The standard InChI is InChI=1S/C16H11F6N3O3/c17-15(18,19)11-3-1-10(2-4-11)14(9-25(27)28,16(20,21)22)7-13(26)12-8-23-5-6-24-12/h1-6,8H,7,9H2/t14-/m1/s1. The summed E-state index contributed by atoms with van der Waals surface area (Å²) >= 11 is 0. The number of carbonyl (C=O) groups excluding carboxylic acids is 1. The highest BCUT2D eigenvalue weighted by atomic mass is 19.4. The van der Waals surface area contributed by atoms with Gasteiger partial charge in [-0.2, -0.15) is 26.3 Å². The Morgan fingerprint density at radius 2 is 1.57 bits per heavy atom. The van der Waals surface area contributed by atoms with Crippen LogP contribution in [-0.2, 0) is 11.6 Å². The summed E-state index contributed by atoms with van der Waals surface area (Å²) in [5.41, 5.74) is -5.85. The van der Waals surface area contributed by atoms with Crippen LogP contribution in [0.2, 0.25) is 0 Å². The molecule has 2 rings (SSSR count). The zero-order valence-electron chi connectivity index (χ0n) is 13.8. The highest BCUT2D eigenvalue weighted by Crippen LogP contribution is 2.45. The van der Waals surface area contributed by atoms with Gasteiger partial charge in [-0.15, -0.1) is 0 Å². The number of carbonyl (C=O) groups is 1. The predicted molar refractivity (Wildman–Crippen MR) is 82.0 cm³/mol. The molecule has 0 amide bonds. The van der Waals surface area contributed by atoms with Gasteiger partial charge in [0.25, 0.3) is 0 Å². The van der Waals surface area contributed by atoms with Gasteiger partial charge in [-0.05, 0) is 17.7 Å². The van der Waals surface area contributed by atoms with Crippen LogP contribution in [-0.4, -0.2) is 33.4 Å². The Bertz CT molecular complexity index is 853. The Balaban J connectivity index is 2.57. The van der Waals surface area contributed by atoms with Crippen molar-refractivity contribution in [2.45, 2.75) is 24.2 Å². The van der Waals surface area contributed by atoms with Gasteiger partial charge in [0.05, 0.1) is 11.8 Å². The first-order valence-corrected chi connectivity index (χ1v) is 7.52. The summed E-state index contributed by atoms with van der Waals surface area (Å²) < 4.78 is 79.8. The molecule has 0 aliphatic rings. The molecule has 0 bridgehead atoms. The zero-order valence-corrected chi connectivity index (χ0v) is 13.8. The monoisotopic (exact) mass is 407 g/mol. The zero-order chi connectivity index (χ0) is 21.2. The van der Waals surface area contributed by atoms with Crippen LogP contribution >= 0.6 is 0 Å². The molecule has 1 aromatic heterocycles. The van der Waals surface area contributed by atoms with Crippen LogP contribution < -0.4 is 0 Å². The topological polar surface area (TPSA) is 86.0 Å². The van der Waals surface area contributed by atoms with E-state index in [0.29, 0.717) is 24.3 Å². The van der Waals surface area contributed by atoms with E-state index in [2.05, 4.69) is 9.97 Å². The van der Waals surface area contributed by atoms with Crippen molar-refractivity contribution in [1.82, 2.24) is 9.97 Å². The maximum absolute atomic E-state index is 13.9. The number of benzene rings is 1. The maximum Gasteiger partial charge on any atom is 0.416 e. The number of nitrogens with zero attached hydrogens (tertiary/aromatic N) is 3. The van der Waals surface area contributed by atoms with Crippen molar-refractivity contribution < 1.29 is 36.1 Å². The van der Waals surface area contributed by atoms with Crippen molar-refractivity contribution in [2.75, 3.05) is 6.54 Å². The molecule has 12 heteroatoms. The van der Waals surface area contributed by atoms with Crippen LogP contribution in [0.4, 0.5) is 26.3 Å². The Morgan fingerprint density at radius 3 is 2.00 bits per heavy atom. The first kappa shape index (κ1) is 21.3. The molecule has 0 aliphatic carbocycles. The van der Waals surface area contributed by atoms with Crippen molar-refractivity contribution in [3.63, 3.8) is 0 Å². The smallest absolute Gasteiger partial charge is 0.292 e. The lowest BCUT2D eigenvalue weighted by atomic mass is 9.75. The second-order valence-electron chi connectivity index (χ2n) is 5.84. The fraction of sp³-hybridized carbons (Fsp3) is 0.312.